The van der Waals surface area contributed by atoms with Crippen LogP contribution in [0.25, 0.3) is 0 Å². The lowest BCUT2D eigenvalue weighted by Gasteiger charge is -2.37. The fourth-order valence-corrected chi connectivity index (χ4v) is 2.36. The Hall–Kier alpha value is -1.42. The molecular formula is C15H20ClN2O2. The van der Waals surface area contributed by atoms with E-state index in [1.807, 2.05) is 32.9 Å². The second-order valence-electron chi connectivity index (χ2n) is 5.83. The molecule has 1 aromatic rings. The molecule has 5 heteroatoms. The van der Waals surface area contributed by atoms with Crippen molar-refractivity contribution in [3.8, 4) is 0 Å². The molecule has 4 nitrogen and oxygen atoms in total. The number of nitrogens with zero attached hydrogens (tertiary/aromatic N) is 2. The highest BCUT2D eigenvalue weighted by atomic mass is 35.5. The Balaban J connectivity index is 1.93. The maximum atomic E-state index is 12.0. The molecule has 20 heavy (non-hydrogen) atoms. The zero-order valence-corrected chi connectivity index (χ0v) is 12.9. The third-order valence-corrected chi connectivity index (χ3v) is 3.37. The number of anilines is 1. The van der Waals surface area contributed by atoms with Gasteiger partial charge in [-0.3, -0.25) is 0 Å². The predicted molar refractivity (Wildman–Crippen MR) is 80.3 cm³/mol. The van der Waals surface area contributed by atoms with Crippen LogP contribution < -0.4 is 4.90 Å². The second kappa shape index (κ2) is 5.92. The van der Waals surface area contributed by atoms with E-state index in [2.05, 4.69) is 11.0 Å². The molecule has 1 aliphatic heterocycles. The van der Waals surface area contributed by atoms with E-state index >= 15 is 0 Å². The zero-order valence-electron chi connectivity index (χ0n) is 12.1. The lowest BCUT2D eigenvalue weighted by atomic mass is 10.2. The molecule has 0 unspecified atom stereocenters. The number of piperazine rings is 1. The molecule has 0 aromatic heterocycles. The van der Waals surface area contributed by atoms with Crippen LogP contribution in [-0.2, 0) is 4.74 Å². The standard InChI is InChI=1S/C15H20ClN2O2/c1-15(2,3)20-14(19)18-10-8-17(9-11-18)13-7-5-4-6-12(13)16/h5-7H,8-11H2,1-3H3. The van der Waals surface area contributed by atoms with Gasteiger partial charge in [-0.2, -0.15) is 0 Å². The lowest BCUT2D eigenvalue weighted by molar-refractivity contribution is 0.0240. The first-order valence-electron chi connectivity index (χ1n) is 6.75. The van der Waals surface area contributed by atoms with Crippen molar-refractivity contribution in [1.29, 1.82) is 0 Å². The van der Waals surface area contributed by atoms with Crippen LogP contribution >= 0.6 is 11.6 Å². The van der Waals surface area contributed by atoms with Gasteiger partial charge in [0.25, 0.3) is 0 Å². The van der Waals surface area contributed by atoms with Crippen LogP contribution in [-0.4, -0.2) is 42.8 Å². The molecular weight excluding hydrogens is 276 g/mol. The summed E-state index contributed by atoms with van der Waals surface area (Å²) < 4.78 is 5.38. The van der Waals surface area contributed by atoms with E-state index in [0.29, 0.717) is 18.1 Å². The average Bonchev–Trinajstić information content (AvgIpc) is 2.37. The molecule has 1 aromatic carbocycles. The van der Waals surface area contributed by atoms with Gasteiger partial charge in [0, 0.05) is 26.2 Å². The highest BCUT2D eigenvalue weighted by Crippen LogP contribution is 2.26. The number of rotatable bonds is 1. The van der Waals surface area contributed by atoms with E-state index in [-0.39, 0.29) is 6.09 Å². The highest BCUT2D eigenvalue weighted by molar-refractivity contribution is 6.33. The van der Waals surface area contributed by atoms with Crippen molar-refractivity contribution in [2.45, 2.75) is 26.4 Å². The number of benzene rings is 1. The molecule has 1 radical (unpaired) electrons. The monoisotopic (exact) mass is 295 g/mol. The van der Waals surface area contributed by atoms with Crippen LogP contribution in [0.15, 0.2) is 18.2 Å². The molecule has 1 saturated heterocycles. The topological polar surface area (TPSA) is 32.8 Å². The maximum Gasteiger partial charge on any atom is 0.410 e. The highest BCUT2D eigenvalue weighted by Gasteiger charge is 2.26. The van der Waals surface area contributed by atoms with Crippen LogP contribution in [0.4, 0.5) is 10.5 Å². The Morgan fingerprint density at radius 2 is 1.95 bits per heavy atom. The molecule has 0 N–H and O–H groups in total. The zero-order chi connectivity index (χ0) is 14.8. The largest absolute Gasteiger partial charge is 0.444 e. The van der Waals surface area contributed by atoms with Crippen molar-refractivity contribution in [2.75, 3.05) is 31.1 Å². The van der Waals surface area contributed by atoms with Gasteiger partial charge in [-0.05, 0) is 39.0 Å². The number of halogens is 1. The first-order chi connectivity index (χ1) is 9.37. The molecule has 0 saturated carbocycles. The summed E-state index contributed by atoms with van der Waals surface area (Å²) in [6.07, 6.45) is -0.246. The van der Waals surface area contributed by atoms with Crippen LogP contribution in [0.1, 0.15) is 20.8 Å². The SMILES string of the molecule is CC(C)(C)OC(=O)N1CCN(c2cc[c]cc2Cl)CC1. The minimum absolute atomic E-state index is 0.246. The molecule has 1 aliphatic rings. The summed E-state index contributed by atoms with van der Waals surface area (Å²) in [7, 11) is 0. The average molecular weight is 296 g/mol. The van der Waals surface area contributed by atoms with Gasteiger partial charge in [-0.15, -0.1) is 0 Å². The van der Waals surface area contributed by atoms with E-state index in [9.17, 15) is 4.79 Å². The summed E-state index contributed by atoms with van der Waals surface area (Å²) in [5, 5.41) is 0.693. The molecule has 0 aliphatic carbocycles. The van der Waals surface area contributed by atoms with Gasteiger partial charge in [0.1, 0.15) is 5.60 Å². The molecule has 2 rings (SSSR count). The van der Waals surface area contributed by atoms with E-state index in [1.165, 1.54) is 0 Å². The quantitative estimate of drug-likeness (QED) is 0.797. The third kappa shape index (κ3) is 3.79. The smallest absolute Gasteiger partial charge is 0.410 e. The van der Waals surface area contributed by atoms with Crippen LogP contribution in [0.5, 0.6) is 0 Å². The third-order valence-electron chi connectivity index (χ3n) is 3.06. The normalized spacial score (nSPS) is 16.2. The van der Waals surface area contributed by atoms with E-state index < -0.39 is 5.60 Å². The van der Waals surface area contributed by atoms with E-state index in [4.69, 9.17) is 16.3 Å². The number of hydrogen-bond donors (Lipinski definition) is 0. The van der Waals surface area contributed by atoms with Crippen molar-refractivity contribution >= 4 is 23.4 Å². The van der Waals surface area contributed by atoms with Crippen molar-refractivity contribution in [3.63, 3.8) is 0 Å². The van der Waals surface area contributed by atoms with Crippen molar-refractivity contribution in [2.24, 2.45) is 0 Å². The minimum Gasteiger partial charge on any atom is -0.444 e. The van der Waals surface area contributed by atoms with Gasteiger partial charge < -0.3 is 14.5 Å². The minimum atomic E-state index is -0.452. The number of carbonyl (C=O) groups is 1. The molecule has 1 fully saturated rings. The molecule has 1 heterocycles. The summed E-state index contributed by atoms with van der Waals surface area (Å²) in [6.45, 7) is 8.42. The predicted octanol–water partition coefficient (Wildman–Crippen LogP) is 3.20. The summed E-state index contributed by atoms with van der Waals surface area (Å²) >= 11 is 6.17. The summed E-state index contributed by atoms with van der Waals surface area (Å²) in [6, 6.07) is 8.51. The fourth-order valence-electron chi connectivity index (χ4n) is 2.11. The Morgan fingerprint density at radius 1 is 1.30 bits per heavy atom. The Morgan fingerprint density at radius 3 is 2.50 bits per heavy atom. The first kappa shape index (κ1) is 15.0. The van der Waals surface area contributed by atoms with Gasteiger partial charge >= 0.3 is 6.09 Å². The Bertz CT molecular complexity index is 477. The lowest BCUT2D eigenvalue weighted by Crippen LogP contribution is -2.50. The van der Waals surface area contributed by atoms with E-state index in [1.54, 1.807) is 11.0 Å². The van der Waals surface area contributed by atoms with Gasteiger partial charge in [0.05, 0.1) is 10.7 Å². The van der Waals surface area contributed by atoms with Gasteiger partial charge in [-0.1, -0.05) is 17.7 Å². The van der Waals surface area contributed by atoms with Gasteiger partial charge in [0.2, 0.25) is 0 Å². The Labute approximate surface area is 125 Å². The van der Waals surface area contributed by atoms with Gasteiger partial charge in [0.15, 0.2) is 0 Å². The number of ether oxygens (including phenoxy) is 1. The Kier molecular flexibility index (Phi) is 4.43. The molecule has 109 valence electrons. The van der Waals surface area contributed by atoms with E-state index in [0.717, 1.165) is 18.8 Å². The van der Waals surface area contributed by atoms with Crippen LogP contribution in [0, 0.1) is 6.07 Å². The molecule has 1 amide bonds. The summed E-state index contributed by atoms with van der Waals surface area (Å²) in [5.41, 5.74) is 0.543. The van der Waals surface area contributed by atoms with Crippen LogP contribution in [0.3, 0.4) is 0 Å². The van der Waals surface area contributed by atoms with Crippen molar-refractivity contribution in [3.05, 3.63) is 29.3 Å². The number of hydrogen-bond acceptors (Lipinski definition) is 3. The van der Waals surface area contributed by atoms with Crippen molar-refractivity contribution < 1.29 is 9.53 Å². The first-order valence-corrected chi connectivity index (χ1v) is 7.13. The second-order valence-corrected chi connectivity index (χ2v) is 6.24. The maximum absolute atomic E-state index is 12.0. The molecule has 0 spiro atoms. The number of carbonyl (C=O) groups excluding carboxylic acids is 1. The van der Waals surface area contributed by atoms with Crippen LogP contribution in [0.2, 0.25) is 5.02 Å². The molecule has 0 atom stereocenters. The van der Waals surface area contributed by atoms with Gasteiger partial charge in [-0.25, -0.2) is 4.79 Å². The molecule has 0 bridgehead atoms. The summed E-state index contributed by atoms with van der Waals surface area (Å²) in [4.78, 5) is 15.9. The fraction of sp³-hybridized carbons (Fsp3) is 0.533. The number of amides is 1. The van der Waals surface area contributed by atoms with Crippen molar-refractivity contribution in [1.82, 2.24) is 4.90 Å². The summed E-state index contributed by atoms with van der Waals surface area (Å²) in [5.74, 6) is 0.